The molecule has 4 nitrogen and oxygen atoms in total. The zero-order valence-electron chi connectivity index (χ0n) is 9.57. The third kappa shape index (κ3) is 3.25. The first-order valence-electron chi connectivity index (χ1n) is 5.08. The number of hydrogen-bond donors (Lipinski definition) is 1. The van der Waals surface area contributed by atoms with Crippen LogP contribution in [0.15, 0.2) is 39.8 Å². The topological polar surface area (TPSA) is 59.1 Å². The van der Waals surface area contributed by atoms with Crippen molar-refractivity contribution in [3.8, 4) is 0 Å². The Hall–Kier alpha value is -1.25. The van der Waals surface area contributed by atoms with Gasteiger partial charge >= 0.3 is 0 Å². The van der Waals surface area contributed by atoms with E-state index in [0.29, 0.717) is 10.5 Å². The summed E-state index contributed by atoms with van der Waals surface area (Å²) in [5.41, 5.74) is 0. The number of aromatic nitrogens is 1. The number of hydrogen-bond acceptors (Lipinski definition) is 3. The predicted octanol–water partition coefficient (Wildman–Crippen LogP) is 3.58. The van der Waals surface area contributed by atoms with Crippen LogP contribution in [0.3, 0.4) is 0 Å². The fourth-order valence-electron chi connectivity index (χ4n) is 1.37. The Morgan fingerprint density at radius 3 is 2.55 bits per heavy atom. The molecule has 0 spiro atoms. The van der Waals surface area contributed by atoms with Gasteiger partial charge < -0.3 is 0 Å². The minimum Gasteiger partial charge on any atom is -0.262 e. The molecule has 9 heteroatoms. The van der Waals surface area contributed by atoms with Crippen molar-refractivity contribution in [3.05, 3.63) is 51.6 Å². The molecule has 0 aliphatic heterocycles. The van der Waals surface area contributed by atoms with E-state index in [1.54, 1.807) is 0 Å². The minimum absolute atomic E-state index is 0.0328. The van der Waals surface area contributed by atoms with Crippen LogP contribution in [0.1, 0.15) is 0 Å². The van der Waals surface area contributed by atoms with Crippen molar-refractivity contribution in [2.45, 2.75) is 4.90 Å². The normalized spacial score (nSPS) is 11.4. The lowest BCUT2D eigenvalue weighted by atomic mass is 10.3. The zero-order chi connectivity index (χ0) is 14.9. The molecule has 0 unspecified atom stereocenters. The first-order valence-corrected chi connectivity index (χ1v) is 7.74. The van der Waals surface area contributed by atoms with E-state index >= 15 is 0 Å². The van der Waals surface area contributed by atoms with Gasteiger partial charge in [-0.2, -0.15) is 0 Å². The Balaban J connectivity index is 2.41. The number of nitrogens with zero attached hydrogens (tertiary/aromatic N) is 1. The molecule has 0 saturated heterocycles. The van der Waals surface area contributed by atoms with Gasteiger partial charge in [0.25, 0.3) is 10.0 Å². The van der Waals surface area contributed by atoms with E-state index in [2.05, 4.69) is 20.9 Å². The molecule has 0 atom stereocenters. The van der Waals surface area contributed by atoms with E-state index in [1.165, 1.54) is 12.3 Å². The summed E-state index contributed by atoms with van der Waals surface area (Å²) in [6, 6.07) is 3.56. The summed E-state index contributed by atoms with van der Waals surface area (Å²) in [5.74, 6) is -2.23. The molecule has 0 saturated carbocycles. The van der Waals surface area contributed by atoms with Gasteiger partial charge in [0.2, 0.25) is 0 Å². The standard InChI is InChI=1S/C11H6BrClF2N2O2S/c12-6-3-8(13)11(16-5-6)17-20(18,19)10-2-1-7(14)4-9(10)15/h1-5H,(H,16,17). The first-order chi connectivity index (χ1) is 9.29. The molecule has 1 N–H and O–H groups in total. The predicted molar refractivity (Wildman–Crippen MR) is 74.1 cm³/mol. The highest BCUT2D eigenvalue weighted by Crippen LogP contribution is 2.26. The van der Waals surface area contributed by atoms with E-state index in [-0.39, 0.29) is 10.8 Å². The summed E-state index contributed by atoms with van der Waals surface area (Å²) in [6.07, 6.45) is 1.32. The lowest BCUT2D eigenvalue weighted by molar-refractivity contribution is 0.551. The molecular weight excluding hydrogens is 378 g/mol. The lowest BCUT2D eigenvalue weighted by Gasteiger charge is -2.09. The van der Waals surface area contributed by atoms with Gasteiger partial charge in [-0.15, -0.1) is 0 Å². The van der Waals surface area contributed by atoms with Crippen LogP contribution < -0.4 is 4.72 Å². The van der Waals surface area contributed by atoms with E-state index in [9.17, 15) is 17.2 Å². The molecule has 0 aliphatic rings. The van der Waals surface area contributed by atoms with Gasteiger partial charge in [-0.05, 0) is 34.1 Å². The van der Waals surface area contributed by atoms with Gasteiger partial charge in [0.05, 0.1) is 5.02 Å². The summed E-state index contributed by atoms with van der Waals surface area (Å²) >= 11 is 8.93. The number of anilines is 1. The largest absolute Gasteiger partial charge is 0.266 e. The number of sulfonamides is 1. The van der Waals surface area contributed by atoms with Gasteiger partial charge in [-0.1, -0.05) is 11.6 Å². The first kappa shape index (κ1) is 15.1. The zero-order valence-corrected chi connectivity index (χ0v) is 12.7. The van der Waals surface area contributed by atoms with Gasteiger partial charge in [0, 0.05) is 16.7 Å². The van der Waals surface area contributed by atoms with Crippen LogP contribution in [0.2, 0.25) is 5.02 Å². The van der Waals surface area contributed by atoms with E-state index in [1.807, 2.05) is 4.72 Å². The molecule has 1 aromatic carbocycles. The Morgan fingerprint density at radius 2 is 1.95 bits per heavy atom. The van der Waals surface area contributed by atoms with Gasteiger partial charge in [0.15, 0.2) is 5.82 Å². The summed E-state index contributed by atoms with van der Waals surface area (Å²) < 4.78 is 52.8. The van der Waals surface area contributed by atoms with Crippen LogP contribution in [0.5, 0.6) is 0 Å². The van der Waals surface area contributed by atoms with Crippen molar-refractivity contribution in [1.82, 2.24) is 4.98 Å². The molecule has 1 heterocycles. The summed E-state index contributed by atoms with van der Waals surface area (Å²) in [7, 11) is -4.25. The summed E-state index contributed by atoms with van der Waals surface area (Å²) in [4.78, 5) is 3.08. The van der Waals surface area contributed by atoms with E-state index in [4.69, 9.17) is 11.6 Å². The number of rotatable bonds is 3. The van der Waals surface area contributed by atoms with Gasteiger partial charge in [-0.3, -0.25) is 4.72 Å². The van der Waals surface area contributed by atoms with E-state index in [0.717, 1.165) is 12.1 Å². The quantitative estimate of drug-likeness (QED) is 0.881. The molecule has 1 aromatic heterocycles. The SMILES string of the molecule is O=S(=O)(Nc1ncc(Br)cc1Cl)c1ccc(F)cc1F. The fraction of sp³-hybridized carbons (Fsp3) is 0. The van der Waals surface area contributed by atoms with Crippen molar-refractivity contribution in [2.24, 2.45) is 0 Å². The Bertz CT molecular complexity index is 771. The maximum Gasteiger partial charge on any atom is 0.266 e. The smallest absolute Gasteiger partial charge is 0.262 e. The second kappa shape index (κ2) is 5.63. The average molecular weight is 384 g/mol. The number of halogens is 4. The summed E-state index contributed by atoms with van der Waals surface area (Å²) in [5, 5.41) is 0.0328. The Labute approximate surface area is 127 Å². The average Bonchev–Trinajstić information content (AvgIpc) is 2.32. The van der Waals surface area contributed by atoms with Crippen LogP contribution in [-0.4, -0.2) is 13.4 Å². The number of pyridine rings is 1. The van der Waals surface area contributed by atoms with Crippen LogP contribution in [0, 0.1) is 11.6 Å². The molecule has 2 rings (SSSR count). The van der Waals surface area contributed by atoms with Crippen molar-refractivity contribution >= 4 is 43.4 Å². The Kier molecular flexibility index (Phi) is 4.26. The van der Waals surface area contributed by atoms with Crippen LogP contribution in [0.25, 0.3) is 0 Å². The second-order valence-electron chi connectivity index (χ2n) is 3.66. The fourth-order valence-corrected chi connectivity index (χ4v) is 3.19. The van der Waals surface area contributed by atoms with Gasteiger partial charge in [0.1, 0.15) is 16.5 Å². The Morgan fingerprint density at radius 1 is 1.25 bits per heavy atom. The molecule has 20 heavy (non-hydrogen) atoms. The molecule has 0 bridgehead atoms. The molecule has 106 valence electrons. The van der Waals surface area contributed by atoms with Crippen LogP contribution >= 0.6 is 27.5 Å². The minimum atomic E-state index is -4.25. The maximum absolute atomic E-state index is 13.5. The molecule has 0 fully saturated rings. The molecule has 0 aliphatic carbocycles. The molecule has 0 radical (unpaired) electrons. The second-order valence-corrected chi connectivity index (χ2v) is 6.64. The third-order valence-corrected chi connectivity index (χ3v) is 4.32. The summed E-state index contributed by atoms with van der Waals surface area (Å²) in [6.45, 7) is 0. The highest BCUT2D eigenvalue weighted by Gasteiger charge is 2.21. The van der Waals surface area contributed by atoms with E-state index < -0.39 is 26.6 Å². The maximum atomic E-state index is 13.5. The molecule has 0 amide bonds. The number of benzene rings is 1. The lowest BCUT2D eigenvalue weighted by Crippen LogP contribution is -2.16. The monoisotopic (exact) mass is 382 g/mol. The molecular formula is C11H6BrClF2N2O2S. The molecule has 2 aromatic rings. The van der Waals surface area contributed by atoms with Crippen molar-refractivity contribution in [3.63, 3.8) is 0 Å². The third-order valence-electron chi connectivity index (χ3n) is 2.22. The van der Waals surface area contributed by atoms with Crippen LogP contribution in [0.4, 0.5) is 14.6 Å². The highest BCUT2D eigenvalue weighted by atomic mass is 79.9. The highest BCUT2D eigenvalue weighted by molar-refractivity contribution is 9.10. The van der Waals surface area contributed by atoms with Crippen molar-refractivity contribution in [1.29, 1.82) is 0 Å². The van der Waals surface area contributed by atoms with Gasteiger partial charge in [-0.25, -0.2) is 22.2 Å². The van der Waals surface area contributed by atoms with Crippen molar-refractivity contribution < 1.29 is 17.2 Å². The number of nitrogens with one attached hydrogen (secondary N) is 1. The van der Waals surface area contributed by atoms with Crippen molar-refractivity contribution in [2.75, 3.05) is 4.72 Å². The van der Waals surface area contributed by atoms with Crippen LogP contribution in [-0.2, 0) is 10.0 Å².